The molecule has 0 spiro atoms. The van der Waals surface area contributed by atoms with Crippen molar-refractivity contribution in [2.24, 2.45) is 11.7 Å². The van der Waals surface area contributed by atoms with Gasteiger partial charge in [0.25, 0.3) is 5.91 Å². The van der Waals surface area contributed by atoms with Crippen LogP contribution in [-0.4, -0.2) is 24.2 Å². The molecule has 3 N–H and O–H groups in total. The minimum absolute atomic E-state index is 0.0544. The molecule has 0 aliphatic carbocycles. The first kappa shape index (κ1) is 16.1. The molecule has 106 valence electrons. The van der Waals surface area contributed by atoms with Crippen LogP contribution in [0.3, 0.4) is 0 Å². The van der Waals surface area contributed by atoms with E-state index in [4.69, 9.17) is 5.73 Å². The number of hydrogen-bond donors (Lipinski definition) is 2. The van der Waals surface area contributed by atoms with Gasteiger partial charge in [0.05, 0.1) is 0 Å². The van der Waals surface area contributed by atoms with Gasteiger partial charge in [0.15, 0.2) is 0 Å². The van der Waals surface area contributed by atoms with Crippen LogP contribution in [-0.2, 0) is 0 Å². The Morgan fingerprint density at radius 3 is 2.37 bits per heavy atom. The zero-order chi connectivity index (χ0) is 14.5. The van der Waals surface area contributed by atoms with Gasteiger partial charge >= 0.3 is 0 Å². The van der Waals surface area contributed by atoms with Crippen LogP contribution in [0, 0.1) is 5.92 Å². The third-order valence-electron chi connectivity index (χ3n) is 3.08. The van der Waals surface area contributed by atoms with Crippen LogP contribution < -0.4 is 11.1 Å². The summed E-state index contributed by atoms with van der Waals surface area (Å²) >= 11 is 1.66. The number of benzene rings is 1. The largest absolute Gasteiger partial charge is 0.346 e. The van der Waals surface area contributed by atoms with Gasteiger partial charge in [-0.1, -0.05) is 13.8 Å². The Hall–Kier alpha value is -1.00. The zero-order valence-electron chi connectivity index (χ0n) is 12.2. The second kappa shape index (κ2) is 6.96. The normalized spacial score (nSPS) is 14.2. The average molecular weight is 280 g/mol. The standard InChI is InChI=1S/C15H24N2OS/c1-11(2)9-15(3,10-16)17-14(18)12-5-7-13(19-4)8-6-12/h5-8,11H,9-10,16H2,1-4H3,(H,17,18). The van der Waals surface area contributed by atoms with Crippen LogP contribution in [0.2, 0.25) is 0 Å². The Morgan fingerprint density at radius 2 is 1.95 bits per heavy atom. The van der Waals surface area contributed by atoms with Crippen LogP contribution in [0.4, 0.5) is 0 Å². The molecule has 0 aliphatic heterocycles. The molecular weight excluding hydrogens is 256 g/mol. The molecule has 1 rings (SSSR count). The van der Waals surface area contributed by atoms with E-state index >= 15 is 0 Å². The Bertz CT molecular complexity index is 417. The minimum Gasteiger partial charge on any atom is -0.346 e. The van der Waals surface area contributed by atoms with Crippen LogP contribution in [0.25, 0.3) is 0 Å². The summed E-state index contributed by atoms with van der Waals surface area (Å²) in [5.74, 6) is 0.439. The minimum atomic E-state index is -0.344. The van der Waals surface area contributed by atoms with E-state index in [-0.39, 0.29) is 11.4 Å². The summed E-state index contributed by atoms with van der Waals surface area (Å²) in [5, 5.41) is 3.06. The van der Waals surface area contributed by atoms with E-state index < -0.39 is 0 Å². The molecule has 0 aliphatic rings. The second-order valence-electron chi connectivity index (χ2n) is 5.55. The summed E-state index contributed by atoms with van der Waals surface area (Å²) in [4.78, 5) is 13.4. The van der Waals surface area contributed by atoms with Gasteiger partial charge in [-0.25, -0.2) is 0 Å². The third-order valence-corrected chi connectivity index (χ3v) is 3.82. The summed E-state index contributed by atoms with van der Waals surface area (Å²) in [6.07, 6.45) is 2.89. The lowest BCUT2D eigenvalue weighted by Crippen LogP contribution is -2.52. The topological polar surface area (TPSA) is 55.1 Å². The highest BCUT2D eigenvalue weighted by atomic mass is 32.2. The van der Waals surface area contributed by atoms with E-state index in [1.807, 2.05) is 37.4 Å². The van der Waals surface area contributed by atoms with Crippen LogP contribution in [0.1, 0.15) is 37.6 Å². The predicted octanol–water partition coefficient (Wildman–Crippen LogP) is 2.90. The zero-order valence-corrected chi connectivity index (χ0v) is 13.0. The SMILES string of the molecule is CSc1ccc(C(=O)NC(C)(CN)CC(C)C)cc1. The fraction of sp³-hybridized carbons (Fsp3) is 0.533. The summed E-state index contributed by atoms with van der Waals surface area (Å²) in [6.45, 7) is 6.71. The monoisotopic (exact) mass is 280 g/mol. The first-order chi connectivity index (χ1) is 8.90. The van der Waals surface area contributed by atoms with Crippen LogP contribution >= 0.6 is 11.8 Å². The van der Waals surface area contributed by atoms with E-state index in [2.05, 4.69) is 19.2 Å². The number of nitrogens with two attached hydrogens (primary N) is 1. The highest BCUT2D eigenvalue weighted by Crippen LogP contribution is 2.18. The van der Waals surface area contributed by atoms with E-state index in [1.165, 1.54) is 0 Å². The third kappa shape index (κ3) is 4.88. The van der Waals surface area contributed by atoms with Gasteiger partial charge in [0, 0.05) is 22.5 Å². The number of amides is 1. The Morgan fingerprint density at radius 1 is 1.37 bits per heavy atom. The molecule has 0 saturated carbocycles. The van der Waals surface area contributed by atoms with E-state index in [9.17, 15) is 4.79 Å². The second-order valence-corrected chi connectivity index (χ2v) is 6.43. The Balaban J connectivity index is 2.76. The molecular formula is C15H24N2OS. The van der Waals surface area contributed by atoms with Gasteiger partial charge in [0.2, 0.25) is 0 Å². The maximum atomic E-state index is 12.2. The molecule has 0 bridgehead atoms. The number of hydrogen-bond acceptors (Lipinski definition) is 3. The first-order valence-corrected chi connectivity index (χ1v) is 7.79. The molecule has 1 amide bonds. The van der Waals surface area contributed by atoms with E-state index in [0.717, 1.165) is 11.3 Å². The summed E-state index contributed by atoms with van der Waals surface area (Å²) in [7, 11) is 0. The van der Waals surface area contributed by atoms with Crippen molar-refractivity contribution < 1.29 is 4.79 Å². The first-order valence-electron chi connectivity index (χ1n) is 6.57. The maximum Gasteiger partial charge on any atom is 0.251 e. The fourth-order valence-corrected chi connectivity index (χ4v) is 2.58. The average Bonchev–Trinajstić information content (AvgIpc) is 2.37. The van der Waals surface area contributed by atoms with E-state index in [0.29, 0.717) is 18.0 Å². The van der Waals surface area contributed by atoms with Gasteiger partial charge in [0.1, 0.15) is 0 Å². The highest BCUT2D eigenvalue weighted by Gasteiger charge is 2.26. The molecule has 1 atom stereocenters. The summed E-state index contributed by atoms with van der Waals surface area (Å²) in [6, 6.07) is 7.63. The van der Waals surface area contributed by atoms with Gasteiger partial charge < -0.3 is 11.1 Å². The highest BCUT2D eigenvalue weighted by molar-refractivity contribution is 7.98. The summed E-state index contributed by atoms with van der Waals surface area (Å²) < 4.78 is 0. The molecule has 0 saturated heterocycles. The molecule has 4 heteroatoms. The lowest BCUT2D eigenvalue weighted by atomic mass is 9.90. The van der Waals surface area contributed by atoms with Crippen LogP contribution in [0.5, 0.6) is 0 Å². The lowest BCUT2D eigenvalue weighted by Gasteiger charge is -2.31. The van der Waals surface area contributed by atoms with Gasteiger partial charge in [-0.15, -0.1) is 11.8 Å². The fourth-order valence-electron chi connectivity index (χ4n) is 2.18. The molecule has 0 fully saturated rings. The molecule has 1 unspecified atom stereocenters. The van der Waals surface area contributed by atoms with Crippen molar-refractivity contribution in [2.75, 3.05) is 12.8 Å². The van der Waals surface area contributed by atoms with E-state index in [1.54, 1.807) is 11.8 Å². The van der Waals surface area contributed by atoms with Gasteiger partial charge in [-0.2, -0.15) is 0 Å². The number of rotatable bonds is 6. The molecule has 1 aromatic carbocycles. The van der Waals surface area contributed by atoms with Crippen molar-refractivity contribution in [1.29, 1.82) is 0 Å². The number of thioether (sulfide) groups is 1. The maximum absolute atomic E-state index is 12.2. The van der Waals surface area contributed by atoms with Crippen molar-refractivity contribution in [1.82, 2.24) is 5.32 Å². The number of nitrogens with one attached hydrogen (secondary N) is 1. The molecule has 1 aromatic rings. The van der Waals surface area contributed by atoms with Crippen molar-refractivity contribution >= 4 is 17.7 Å². The predicted molar refractivity (Wildman–Crippen MR) is 82.6 cm³/mol. The molecule has 0 aromatic heterocycles. The van der Waals surface area contributed by atoms with Crippen molar-refractivity contribution in [3.05, 3.63) is 29.8 Å². The van der Waals surface area contributed by atoms with Gasteiger partial charge in [-0.3, -0.25) is 4.79 Å². The Labute approximate surface area is 120 Å². The van der Waals surface area contributed by atoms with Crippen LogP contribution in [0.15, 0.2) is 29.2 Å². The number of carbonyl (C=O) groups is 1. The number of carbonyl (C=O) groups excluding carboxylic acids is 1. The van der Waals surface area contributed by atoms with Crippen molar-refractivity contribution in [3.8, 4) is 0 Å². The molecule has 3 nitrogen and oxygen atoms in total. The van der Waals surface area contributed by atoms with Crippen molar-refractivity contribution in [3.63, 3.8) is 0 Å². The molecule has 19 heavy (non-hydrogen) atoms. The lowest BCUT2D eigenvalue weighted by molar-refractivity contribution is 0.0898. The smallest absolute Gasteiger partial charge is 0.251 e. The summed E-state index contributed by atoms with van der Waals surface area (Å²) in [5.41, 5.74) is 6.15. The Kier molecular flexibility index (Phi) is 5.88. The van der Waals surface area contributed by atoms with Crippen molar-refractivity contribution in [2.45, 2.75) is 37.6 Å². The molecule has 0 radical (unpaired) electrons. The quantitative estimate of drug-likeness (QED) is 0.788. The molecule has 0 heterocycles. The van der Waals surface area contributed by atoms with Gasteiger partial charge in [-0.05, 0) is 49.8 Å².